The Balaban J connectivity index is 1.47. The number of aromatic nitrogens is 2. The van der Waals surface area contributed by atoms with Crippen LogP contribution in [0.3, 0.4) is 0 Å². The predicted octanol–water partition coefficient (Wildman–Crippen LogP) is 3.01. The van der Waals surface area contributed by atoms with Crippen molar-refractivity contribution < 1.29 is 23.7 Å². The van der Waals surface area contributed by atoms with Crippen molar-refractivity contribution in [1.82, 2.24) is 15.3 Å². The number of hydrogen-bond donors (Lipinski definition) is 2. The summed E-state index contributed by atoms with van der Waals surface area (Å²) >= 11 is 0. The third kappa shape index (κ3) is 5.63. The molecule has 1 heterocycles. The van der Waals surface area contributed by atoms with Crippen molar-refractivity contribution in [2.75, 3.05) is 26.6 Å². The molecule has 9 nitrogen and oxygen atoms in total. The minimum atomic E-state index is -0.267. The molecule has 1 aliphatic carbocycles. The number of nitrogens with zero attached hydrogens (tertiary/aromatic N) is 2. The van der Waals surface area contributed by atoms with Crippen molar-refractivity contribution in [2.24, 2.45) is 0 Å². The van der Waals surface area contributed by atoms with Gasteiger partial charge in [-0.05, 0) is 37.8 Å². The number of anilines is 1. The summed E-state index contributed by atoms with van der Waals surface area (Å²) in [6, 6.07) is 5.05. The maximum atomic E-state index is 12.4. The summed E-state index contributed by atoms with van der Waals surface area (Å²) in [5.74, 6) is 2.07. The third-order valence-corrected chi connectivity index (χ3v) is 4.75. The van der Waals surface area contributed by atoms with Crippen LogP contribution in [-0.2, 0) is 0 Å². The molecule has 0 spiro atoms. The lowest BCUT2D eigenvalue weighted by Crippen LogP contribution is -2.41. The van der Waals surface area contributed by atoms with E-state index < -0.39 is 0 Å². The van der Waals surface area contributed by atoms with Crippen molar-refractivity contribution in [1.29, 1.82) is 0 Å². The van der Waals surface area contributed by atoms with E-state index in [-0.39, 0.29) is 18.2 Å². The van der Waals surface area contributed by atoms with Gasteiger partial charge in [-0.1, -0.05) is 0 Å². The van der Waals surface area contributed by atoms with E-state index in [0.717, 1.165) is 25.7 Å². The highest BCUT2D eigenvalue weighted by Gasteiger charge is 2.24. The fourth-order valence-corrected chi connectivity index (χ4v) is 3.23. The number of carbonyl (C=O) groups is 1. The van der Waals surface area contributed by atoms with Crippen LogP contribution in [0.2, 0.25) is 0 Å². The molecule has 0 radical (unpaired) electrons. The van der Waals surface area contributed by atoms with Crippen molar-refractivity contribution in [2.45, 2.75) is 37.8 Å². The van der Waals surface area contributed by atoms with Crippen LogP contribution in [-0.4, -0.2) is 49.5 Å². The van der Waals surface area contributed by atoms with E-state index >= 15 is 0 Å². The molecule has 0 aliphatic heterocycles. The van der Waals surface area contributed by atoms with Gasteiger partial charge in [0.1, 0.15) is 17.6 Å². The zero-order valence-electron chi connectivity index (χ0n) is 16.8. The molecule has 0 saturated heterocycles. The van der Waals surface area contributed by atoms with Gasteiger partial charge in [0, 0.05) is 12.1 Å². The molecule has 1 fully saturated rings. The molecule has 0 unspecified atom stereocenters. The number of nitrogens with one attached hydrogen (secondary N) is 2. The van der Waals surface area contributed by atoms with Crippen LogP contribution in [0.1, 0.15) is 25.7 Å². The molecule has 29 heavy (non-hydrogen) atoms. The van der Waals surface area contributed by atoms with E-state index in [1.807, 2.05) is 0 Å². The van der Waals surface area contributed by atoms with Gasteiger partial charge in [0.05, 0.1) is 39.4 Å². The van der Waals surface area contributed by atoms with Crippen LogP contribution >= 0.6 is 0 Å². The van der Waals surface area contributed by atoms with Gasteiger partial charge in [0.2, 0.25) is 11.8 Å². The lowest BCUT2D eigenvalue weighted by atomic mass is 9.93. The minimum Gasteiger partial charge on any atom is -0.497 e. The zero-order valence-corrected chi connectivity index (χ0v) is 16.8. The summed E-state index contributed by atoms with van der Waals surface area (Å²) in [5.41, 5.74) is 0.583. The van der Waals surface area contributed by atoms with E-state index in [0.29, 0.717) is 28.9 Å². The largest absolute Gasteiger partial charge is 0.497 e. The molecule has 1 saturated carbocycles. The van der Waals surface area contributed by atoms with Gasteiger partial charge >= 0.3 is 6.03 Å². The Labute approximate surface area is 169 Å². The van der Waals surface area contributed by atoms with E-state index in [1.54, 1.807) is 38.6 Å². The summed E-state index contributed by atoms with van der Waals surface area (Å²) in [5, 5.41) is 5.84. The Morgan fingerprint density at radius 3 is 2.45 bits per heavy atom. The SMILES string of the molecule is COc1ccc(NC(=O)NC2CCC(Oc3cncc(OC)n3)CC2)c(OC)c1. The third-order valence-electron chi connectivity index (χ3n) is 4.75. The molecular weight excluding hydrogens is 376 g/mol. The zero-order chi connectivity index (χ0) is 20.6. The average Bonchev–Trinajstić information content (AvgIpc) is 2.75. The summed E-state index contributed by atoms with van der Waals surface area (Å²) in [4.78, 5) is 20.6. The summed E-state index contributed by atoms with van der Waals surface area (Å²) in [7, 11) is 4.67. The lowest BCUT2D eigenvalue weighted by molar-refractivity contribution is 0.134. The number of benzene rings is 1. The van der Waals surface area contributed by atoms with Crippen molar-refractivity contribution in [3.63, 3.8) is 0 Å². The lowest BCUT2D eigenvalue weighted by Gasteiger charge is -2.29. The summed E-state index contributed by atoms with van der Waals surface area (Å²) in [6.45, 7) is 0. The van der Waals surface area contributed by atoms with Crippen LogP contribution in [0.5, 0.6) is 23.3 Å². The maximum absolute atomic E-state index is 12.4. The quantitative estimate of drug-likeness (QED) is 0.734. The van der Waals surface area contributed by atoms with Crippen LogP contribution in [0.4, 0.5) is 10.5 Å². The second-order valence-corrected chi connectivity index (χ2v) is 6.66. The number of methoxy groups -OCH3 is 3. The first-order chi connectivity index (χ1) is 14.1. The number of hydrogen-bond acceptors (Lipinski definition) is 7. The molecule has 0 atom stereocenters. The van der Waals surface area contributed by atoms with Crippen LogP contribution in [0.15, 0.2) is 30.6 Å². The van der Waals surface area contributed by atoms with Gasteiger partial charge < -0.3 is 29.6 Å². The van der Waals surface area contributed by atoms with Gasteiger partial charge in [-0.2, -0.15) is 4.98 Å². The standard InChI is InChI=1S/C20H26N4O5/c1-26-15-8-9-16(17(10-15)27-2)23-20(25)22-13-4-6-14(7-5-13)29-19-12-21-11-18(24-19)28-3/h8-14H,4-7H2,1-3H3,(H2,22,23,25). The van der Waals surface area contributed by atoms with Crippen LogP contribution in [0, 0.1) is 0 Å². The number of ether oxygens (including phenoxy) is 4. The van der Waals surface area contributed by atoms with Crippen LogP contribution in [0.25, 0.3) is 0 Å². The molecule has 1 aromatic heterocycles. The molecule has 3 rings (SSSR count). The van der Waals surface area contributed by atoms with Gasteiger partial charge in [0.25, 0.3) is 0 Å². The summed E-state index contributed by atoms with van der Waals surface area (Å²) < 4.78 is 21.4. The van der Waals surface area contributed by atoms with E-state index in [9.17, 15) is 4.79 Å². The number of urea groups is 1. The van der Waals surface area contributed by atoms with Gasteiger partial charge in [-0.25, -0.2) is 4.79 Å². The Kier molecular flexibility index (Phi) is 6.94. The first-order valence-corrected chi connectivity index (χ1v) is 9.43. The normalized spacial score (nSPS) is 18.4. The Bertz CT molecular complexity index is 824. The van der Waals surface area contributed by atoms with Crippen molar-refractivity contribution in [3.05, 3.63) is 30.6 Å². The number of carbonyl (C=O) groups excluding carboxylic acids is 1. The second kappa shape index (κ2) is 9.81. The Hall–Kier alpha value is -3.23. The van der Waals surface area contributed by atoms with E-state index in [1.165, 1.54) is 13.3 Å². The number of rotatable bonds is 7. The molecule has 2 amide bonds. The topological polar surface area (TPSA) is 104 Å². The fourth-order valence-electron chi connectivity index (χ4n) is 3.23. The molecule has 2 N–H and O–H groups in total. The maximum Gasteiger partial charge on any atom is 0.319 e. The minimum absolute atomic E-state index is 0.0409. The first kappa shape index (κ1) is 20.5. The molecule has 0 bridgehead atoms. The van der Waals surface area contributed by atoms with E-state index in [4.69, 9.17) is 18.9 Å². The molecule has 9 heteroatoms. The van der Waals surface area contributed by atoms with Crippen molar-refractivity contribution in [3.8, 4) is 23.3 Å². The van der Waals surface area contributed by atoms with Crippen LogP contribution < -0.4 is 29.6 Å². The van der Waals surface area contributed by atoms with Gasteiger partial charge in [0.15, 0.2) is 0 Å². The van der Waals surface area contributed by atoms with Gasteiger partial charge in [-0.15, -0.1) is 0 Å². The Morgan fingerprint density at radius 1 is 1.00 bits per heavy atom. The van der Waals surface area contributed by atoms with Gasteiger partial charge in [-0.3, -0.25) is 4.98 Å². The highest BCUT2D eigenvalue weighted by atomic mass is 16.5. The first-order valence-electron chi connectivity index (χ1n) is 9.43. The smallest absolute Gasteiger partial charge is 0.319 e. The monoisotopic (exact) mass is 402 g/mol. The molecule has 1 aliphatic rings. The predicted molar refractivity (Wildman–Crippen MR) is 107 cm³/mol. The van der Waals surface area contributed by atoms with E-state index in [2.05, 4.69) is 20.6 Å². The molecule has 2 aromatic rings. The summed E-state index contributed by atoms with van der Waals surface area (Å²) in [6.07, 6.45) is 6.40. The molecular formula is C20H26N4O5. The Morgan fingerprint density at radius 2 is 1.76 bits per heavy atom. The number of amides is 2. The highest BCUT2D eigenvalue weighted by Crippen LogP contribution is 2.29. The second-order valence-electron chi connectivity index (χ2n) is 6.66. The van der Waals surface area contributed by atoms with Crippen molar-refractivity contribution >= 4 is 11.7 Å². The average molecular weight is 402 g/mol. The fraction of sp³-hybridized carbons (Fsp3) is 0.450. The molecule has 156 valence electrons. The highest BCUT2D eigenvalue weighted by molar-refractivity contribution is 5.91. The molecule has 1 aromatic carbocycles.